The largest absolute Gasteiger partial charge is 0.399 e. The number of hydrogen-bond acceptors (Lipinski definition) is 4. The van der Waals surface area contributed by atoms with Crippen LogP contribution in [0.1, 0.15) is 24.0 Å². The van der Waals surface area contributed by atoms with Crippen LogP contribution < -0.4 is 5.56 Å². The molecule has 5 nitrogen and oxygen atoms in total. The molecule has 0 spiro atoms. The molecule has 1 aromatic rings. The molecule has 76 valence electrons. The molecule has 0 unspecified atom stereocenters. The maximum Gasteiger partial charge on any atom is 0.254 e. The van der Waals surface area contributed by atoms with Crippen LogP contribution in [0.15, 0.2) is 9.95 Å². The Morgan fingerprint density at radius 1 is 1.50 bits per heavy atom. The summed E-state index contributed by atoms with van der Waals surface area (Å²) in [5.41, 5.74) is 1.58. The van der Waals surface area contributed by atoms with Gasteiger partial charge in [0.25, 0.3) is 5.56 Å². The number of H-pyrrole nitrogens is 1. The Labute approximate surface area is 81.8 Å². The van der Waals surface area contributed by atoms with Gasteiger partial charge in [-0.2, -0.15) is 0 Å². The number of nitrogens with zero attached hydrogens (tertiary/aromatic N) is 2. The van der Waals surface area contributed by atoms with Crippen molar-refractivity contribution < 1.29 is 4.84 Å². The normalized spacial score (nSPS) is 11.6. The van der Waals surface area contributed by atoms with Crippen molar-refractivity contribution in [2.75, 3.05) is 7.11 Å². The van der Waals surface area contributed by atoms with Gasteiger partial charge < -0.3 is 9.82 Å². The fraction of sp³-hybridized carbons (Fsp3) is 0.444. The van der Waals surface area contributed by atoms with Gasteiger partial charge >= 0.3 is 0 Å². The Morgan fingerprint density at radius 2 is 2.14 bits per heavy atom. The zero-order valence-corrected chi connectivity index (χ0v) is 8.71. The van der Waals surface area contributed by atoms with Gasteiger partial charge in [-0.3, -0.25) is 4.79 Å². The molecule has 0 aliphatic heterocycles. The van der Waals surface area contributed by atoms with Crippen molar-refractivity contribution in [3.05, 3.63) is 27.4 Å². The van der Waals surface area contributed by atoms with Crippen molar-refractivity contribution in [1.29, 1.82) is 0 Å². The van der Waals surface area contributed by atoms with E-state index in [1.54, 1.807) is 20.8 Å². The molecular formula is C9H13N3O2. The third-order valence-corrected chi connectivity index (χ3v) is 1.84. The summed E-state index contributed by atoms with van der Waals surface area (Å²) >= 11 is 0. The summed E-state index contributed by atoms with van der Waals surface area (Å²) in [6, 6.07) is 0. The molecule has 5 heteroatoms. The van der Waals surface area contributed by atoms with Crippen molar-refractivity contribution in [1.82, 2.24) is 9.97 Å². The van der Waals surface area contributed by atoms with Gasteiger partial charge in [0, 0.05) is 5.56 Å². The van der Waals surface area contributed by atoms with Gasteiger partial charge in [-0.15, -0.1) is 0 Å². The van der Waals surface area contributed by atoms with Crippen molar-refractivity contribution in [2.45, 2.75) is 20.8 Å². The highest BCUT2D eigenvalue weighted by Gasteiger charge is 2.08. The van der Waals surface area contributed by atoms with Crippen LogP contribution in [0, 0.1) is 13.8 Å². The maximum atomic E-state index is 11.4. The predicted octanol–water partition coefficient (Wildman–Crippen LogP) is 0.757. The summed E-state index contributed by atoms with van der Waals surface area (Å²) in [6.45, 7) is 5.18. The molecule has 1 rings (SSSR count). The summed E-state index contributed by atoms with van der Waals surface area (Å²) in [7, 11) is 1.46. The van der Waals surface area contributed by atoms with Crippen LogP contribution in [0.2, 0.25) is 0 Å². The second-order valence-corrected chi connectivity index (χ2v) is 2.98. The quantitative estimate of drug-likeness (QED) is 0.559. The monoisotopic (exact) mass is 195 g/mol. The molecule has 0 aliphatic carbocycles. The number of hydrogen-bond donors (Lipinski definition) is 1. The van der Waals surface area contributed by atoms with E-state index >= 15 is 0 Å². The third-order valence-electron chi connectivity index (χ3n) is 1.84. The van der Waals surface area contributed by atoms with Crippen molar-refractivity contribution in [2.24, 2.45) is 5.16 Å². The van der Waals surface area contributed by atoms with Gasteiger partial charge in [0.2, 0.25) is 0 Å². The zero-order valence-electron chi connectivity index (χ0n) is 8.71. The van der Waals surface area contributed by atoms with Gasteiger partial charge in [-0.25, -0.2) is 4.98 Å². The van der Waals surface area contributed by atoms with Crippen LogP contribution >= 0.6 is 0 Å². The van der Waals surface area contributed by atoms with Crippen LogP contribution in [-0.4, -0.2) is 22.8 Å². The van der Waals surface area contributed by atoms with E-state index in [1.807, 2.05) is 0 Å². The van der Waals surface area contributed by atoms with Gasteiger partial charge in [0.05, 0.1) is 5.69 Å². The molecule has 0 aromatic carbocycles. The average Bonchev–Trinajstić information content (AvgIpc) is 2.11. The summed E-state index contributed by atoms with van der Waals surface area (Å²) < 4.78 is 0. The number of oxime groups is 1. The minimum Gasteiger partial charge on any atom is -0.399 e. The number of rotatable bonds is 2. The SMILES string of the molecule is CO/N=C(/C)c1nc(C)[nH]c(=O)c1C. The molecule has 0 saturated carbocycles. The molecule has 0 amide bonds. The highest BCUT2D eigenvalue weighted by atomic mass is 16.6. The first kappa shape index (κ1) is 10.4. The van der Waals surface area contributed by atoms with Crippen LogP contribution in [0.3, 0.4) is 0 Å². The van der Waals surface area contributed by atoms with E-state index in [9.17, 15) is 4.79 Å². The van der Waals surface area contributed by atoms with Crippen molar-refractivity contribution >= 4 is 5.71 Å². The molecule has 0 fully saturated rings. The molecule has 0 saturated heterocycles. The number of nitrogens with one attached hydrogen (secondary N) is 1. The van der Waals surface area contributed by atoms with E-state index in [2.05, 4.69) is 20.0 Å². The van der Waals surface area contributed by atoms with Crippen LogP contribution in [-0.2, 0) is 4.84 Å². The summed E-state index contributed by atoms with van der Waals surface area (Å²) in [4.78, 5) is 22.8. The van der Waals surface area contributed by atoms with Crippen molar-refractivity contribution in [3.8, 4) is 0 Å². The van der Waals surface area contributed by atoms with Crippen molar-refractivity contribution in [3.63, 3.8) is 0 Å². The van der Waals surface area contributed by atoms with Gasteiger partial charge in [-0.1, -0.05) is 5.16 Å². The zero-order chi connectivity index (χ0) is 10.7. The molecule has 0 atom stereocenters. The molecular weight excluding hydrogens is 182 g/mol. The van der Waals surface area contributed by atoms with Crippen LogP contribution in [0.25, 0.3) is 0 Å². The predicted molar refractivity (Wildman–Crippen MR) is 53.6 cm³/mol. The molecule has 1 aromatic heterocycles. The lowest BCUT2D eigenvalue weighted by atomic mass is 10.2. The Morgan fingerprint density at radius 3 is 2.71 bits per heavy atom. The highest BCUT2D eigenvalue weighted by Crippen LogP contribution is 2.01. The fourth-order valence-corrected chi connectivity index (χ4v) is 1.18. The molecule has 1 heterocycles. The highest BCUT2D eigenvalue weighted by molar-refractivity contribution is 5.97. The smallest absolute Gasteiger partial charge is 0.254 e. The summed E-state index contributed by atoms with van der Waals surface area (Å²) in [5.74, 6) is 0.571. The fourth-order valence-electron chi connectivity index (χ4n) is 1.18. The van der Waals surface area contributed by atoms with E-state index in [4.69, 9.17) is 0 Å². The second kappa shape index (κ2) is 4.04. The topological polar surface area (TPSA) is 67.3 Å². The minimum atomic E-state index is -0.141. The van der Waals surface area contributed by atoms with E-state index in [0.717, 1.165) is 0 Å². The Kier molecular flexibility index (Phi) is 3.01. The molecule has 1 N–H and O–H groups in total. The lowest BCUT2D eigenvalue weighted by molar-refractivity contribution is 0.213. The molecule has 0 bridgehead atoms. The molecule has 0 radical (unpaired) electrons. The maximum absolute atomic E-state index is 11.4. The van der Waals surface area contributed by atoms with Crippen LogP contribution in [0.5, 0.6) is 0 Å². The van der Waals surface area contributed by atoms with E-state index in [-0.39, 0.29) is 5.56 Å². The van der Waals surface area contributed by atoms with E-state index in [1.165, 1.54) is 7.11 Å². The van der Waals surface area contributed by atoms with Gasteiger partial charge in [-0.05, 0) is 20.8 Å². The summed E-state index contributed by atoms with van der Waals surface area (Å²) in [5, 5.41) is 3.74. The number of aryl methyl sites for hydroxylation is 1. The van der Waals surface area contributed by atoms with E-state index < -0.39 is 0 Å². The lowest BCUT2D eigenvalue weighted by Crippen LogP contribution is -2.18. The first-order valence-corrected chi connectivity index (χ1v) is 4.22. The number of aromatic nitrogens is 2. The third kappa shape index (κ3) is 1.99. The minimum absolute atomic E-state index is 0.141. The Bertz CT molecular complexity index is 421. The Balaban J connectivity index is 3.34. The average molecular weight is 195 g/mol. The molecule has 0 aliphatic rings. The number of aromatic amines is 1. The Hall–Kier alpha value is -1.65. The first-order valence-electron chi connectivity index (χ1n) is 4.22. The van der Waals surface area contributed by atoms with E-state index in [0.29, 0.717) is 22.8 Å². The van der Waals surface area contributed by atoms with Crippen LogP contribution in [0.4, 0.5) is 0 Å². The molecule has 14 heavy (non-hydrogen) atoms. The standard InChI is InChI=1S/C9H13N3O2/c1-5-8(6(2)12-14-4)10-7(3)11-9(5)13/h1-4H3,(H,10,11,13)/b12-6-. The van der Waals surface area contributed by atoms with Gasteiger partial charge in [0.1, 0.15) is 18.6 Å². The first-order chi connectivity index (χ1) is 6.56. The lowest BCUT2D eigenvalue weighted by Gasteiger charge is -2.03. The summed E-state index contributed by atoms with van der Waals surface area (Å²) in [6.07, 6.45) is 0. The second-order valence-electron chi connectivity index (χ2n) is 2.98. The van der Waals surface area contributed by atoms with Gasteiger partial charge in [0.15, 0.2) is 0 Å².